The van der Waals surface area contributed by atoms with Crippen molar-refractivity contribution in [3.05, 3.63) is 97.2 Å². The highest BCUT2D eigenvalue weighted by Crippen LogP contribution is 2.06. The van der Waals surface area contributed by atoms with Gasteiger partial charge in [0.2, 0.25) is 5.91 Å². The Bertz CT molecular complexity index is 860. The van der Waals surface area contributed by atoms with E-state index in [9.17, 15) is 15.0 Å². The summed E-state index contributed by atoms with van der Waals surface area (Å²) in [5, 5.41) is 22.7. The molecule has 0 saturated carbocycles. The molecule has 0 radical (unpaired) electrons. The third kappa shape index (κ3) is 30.6. The highest BCUT2D eigenvalue weighted by Gasteiger charge is 2.17. The average molecular weight is 594 g/mol. The van der Waals surface area contributed by atoms with E-state index in [2.05, 4.69) is 104 Å². The van der Waals surface area contributed by atoms with Crippen molar-refractivity contribution in [2.24, 2.45) is 0 Å². The van der Waals surface area contributed by atoms with Crippen LogP contribution in [0.2, 0.25) is 0 Å². The molecule has 0 aromatic carbocycles. The lowest BCUT2D eigenvalue weighted by molar-refractivity contribution is -0.123. The van der Waals surface area contributed by atoms with Crippen LogP contribution in [0.3, 0.4) is 0 Å². The van der Waals surface area contributed by atoms with Crippen LogP contribution in [-0.4, -0.2) is 34.9 Å². The number of hydrogen-bond acceptors (Lipinski definition) is 3. The summed E-state index contributed by atoms with van der Waals surface area (Å²) in [7, 11) is 0. The molecular weight excluding hydrogens is 530 g/mol. The van der Waals surface area contributed by atoms with Gasteiger partial charge in [-0.05, 0) is 83.5 Å². The second-order valence-corrected chi connectivity index (χ2v) is 10.8. The molecule has 0 aliphatic rings. The second-order valence-electron chi connectivity index (χ2n) is 10.8. The van der Waals surface area contributed by atoms with E-state index in [1.807, 2.05) is 6.08 Å². The number of rotatable bonds is 28. The van der Waals surface area contributed by atoms with Crippen molar-refractivity contribution in [2.75, 3.05) is 6.61 Å². The van der Waals surface area contributed by atoms with Crippen LogP contribution < -0.4 is 5.32 Å². The number of amides is 1. The van der Waals surface area contributed by atoms with Crippen LogP contribution in [0.15, 0.2) is 97.2 Å². The molecule has 3 N–H and O–H groups in total. The summed E-state index contributed by atoms with van der Waals surface area (Å²) in [5.74, 6) is -0.118. The third-order valence-corrected chi connectivity index (χ3v) is 6.78. The van der Waals surface area contributed by atoms with Gasteiger partial charge in [0.25, 0.3) is 0 Å². The number of aliphatic hydroxyl groups excluding tert-OH is 2. The van der Waals surface area contributed by atoms with Crippen LogP contribution in [0.1, 0.15) is 123 Å². The zero-order valence-electron chi connectivity index (χ0n) is 27.4. The summed E-state index contributed by atoms with van der Waals surface area (Å²) in [6.07, 6.45) is 50.5. The third-order valence-electron chi connectivity index (χ3n) is 6.78. The zero-order valence-corrected chi connectivity index (χ0v) is 27.4. The fourth-order valence-corrected chi connectivity index (χ4v) is 4.16. The van der Waals surface area contributed by atoms with Gasteiger partial charge in [0.15, 0.2) is 0 Å². The summed E-state index contributed by atoms with van der Waals surface area (Å²) in [5.41, 5.74) is 0. The van der Waals surface area contributed by atoms with Gasteiger partial charge in [0.1, 0.15) is 0 Å². The molecule has 4 heteroatoms. The Balaban J connectivity index is 3.85. The van der Waals surface area contributed by atoms with E-state index >= 15 is 0 Å². The molecule has 242 valence electrons. The molecule has 0 aliphatic carbocycles. The van der Waals surface area contributed by atoms with Gasteiger partial charge >= 0.3 is 0 Å². The summed E-state index contributed by atoms with van der Waals surface area (Å²) in [6.45, 7) is 4.08. The standard InChI is InChI=1S/C39H63NO3/c1-3-5-7-9-11-13-15-17-18-19-20-21-22-23-25-27-29-31-33-35-39(43)40-37(36-41)38(42)34-32-30-28-26-24-16-14-12-10-8-6-4-2/h5,7,10-13,17-18,20-21,23-26,32,34,37-38,41-42H,3-4,6,8-9,14-16,19,22,27-31,33,35-36H2,1-2H3,(H,40,43)/b7-5-,12-10+,13-11-,18-17-,21-20-,25-23-,26-24+,34-32+. The van der Waals surface area contributed by atoms with Crippen molar-refractivity contribution in [1.82, 2.24) is 5.32 Å². The van der Waals surface area contributed by atoms with E-state index in [1.165, 1.54) is 19.3 Å². The van der Waals surface area contributed by atoms with Gasteiger partial charge in [-0.3, -0.25) is 4.79 Å². The van der Waals surface area contributed by atoms with E-state index in [0.717, 1.165) is 83.5 Å². The first-order valence-corrected chi connectivity index (χ1v) is 17.0. The predicted molar refractivity (Wildman–Crippen MR) is 188 cm³/mol. The summed E-state index contributed by atoms with van der Waals surface area (Å²) in [6, 6.07) is -0.667. The van der Waals surface area contributed by atoms with Crippen LogP contribution in [-0.2, 0) is 4.79 Å². The summed E-state index contributed by atoms with van der Waals surface area (Å²) in [4.78, 5) is 12.3. The van der Waals surface area contributed by atoms with Gasteiger partial charge in [-0.15, -0.1) is 0 Å². The van der Waals surface area contributed by atoms with E-state index in [0.29, 0.717) is 6.42 Å². The van der Waals surface area contributed by atoms with E-state index in [1.54, 1.807) is 6.08 Å². The van der Waals surface area contributed by atoms with Crippen molar-refractivity contribution < 1.29 is 15.0 Å². The largest absolute Gasteiger partial charge is 0.394 e. The molecule has 0 heterocycles. The van der Waals surface area contributed by atoms with Gasteiger partial charge in [0, 0.05) is 6.42 Å². The van der Waals surface area contributed by atoms with Gasteiger partial charge in [-0.25, -0.2) is 0 Å². The molecular formula is C39H63NO3. The van der Waals surface area contributed by atoms with Crippen LogP contribution in [0.25, 0.3) is 0 Å². The minimum atomic E-state index is -0.887. The Morgan fingerprint density at radius 2 is 1.05 bits per heavy atom. The van der Waals surface area contributed by atoms with E-state index in [-0.39, 0.29) is 12.5 Å². The summed E-state index contributed by atoms with van der Waals surface area (Å²) >= 11 is 0. The Kier molecular flexibility index (Phi) is 31.7. The highest BCUT2D eigenvalue weighted by atomic mass is 16.3. The monoisotopic (exact) mass is 593 g/mol. The molecule has 2 atom stereocenters. The molecule has 0 rings (SSSR count). The Morgan fingerprint density at radius 1 is 0.581 bits per heavy atom. The number of allylic oxidation sites excluding steroid dienone is 15. The number of hydrogen-bond donors (Lipinski definition) is 3. The number of unbranched alkanes of at least 4 members (excludes halogenated alkanes) is 7. The van der Waals surface area contributed by atoms with Crippen molar-refractivity contribution in [3.63, 3.8) is 0 Å². The topological polar surface area (TPSA) is 69.6 Å². The molecule has 0 aromatic rings. The van der Waals surface area contributed by atoms with Gasteiger partial charge < -0.3 is 15.5 Å². The lowest BCUT2D eigenvalue weighted by Gasteiger charge is -2.19. The maximum Gasteiger partial charge on any atom is 0.220 e. The number of carbonyl (C=O) groups is 1. The fourth-order valence-electron chi connectivity index (χ4n) is 4.16. The lowest BCUT2D eigenvalue weighted by Crippen LogP contribution is -2.45. The molecule has 0 aliphatic heterocycles. The Morgan fingerprint density at radius 3 is 1.58 bits per heavy atom. The molecule has 0 aromatic heterocycles. The quantitative estimate of drug-likeness (QED) is 0.0624. The van der Waals surface area contributed by atoms with Crippen molar-refractivity contribution >= 4 is 5.91 Å². The second kappa shape index (κ2) is 33.8. The molecule has 0 spiro atoms. The number of nitrogens with one attached hydrogen (secondary N) is 1. The molecule has 43 heavy (non-hydrogen) atoms. The predicted octanol–water partition coefficient (Wildman–Crippen LogP) is 9.95. The molecule has 4 nitrogen and oxygen atoms in total. The van der Waals surface area contributed by atoms with Crippen molar-refractivity contribution in [2.45, 2.75) is 135 Å². The normalized spacial score (nSPS) is 14.4. The van der Waals surface area contributed by atoms with E-state index < -0.39 is 12.1 Å². The summed E-state index contributed by atoms with van der Waals surface area (Å²) < 4.78 is 0. The zero-order chi connectivity index (χ0) is 31.5. The number of aliphatic hydroxyl groups is 2. The molecule has 0 fully saturated rings. The lowest BCUT2D eigenvalue weighted by atomic mass is 10.1. The van der Waals surface area contributed by atoms with Gasteiger partial charge in [0.05, 0.1) is 18.8 Å². The molecule has 0 bridgehead atoms. The molecule has 2 unspecified atom stereocenters. The minimum absolute atomic E-state index is 0.118. The minimum Gasteiger partial charge on any atom is -0.394 e. The van der Waals surface area contributed by atoms with E-state index in [4.69, 9.17) is 0 Å². The molecule has 0 saturated heterocycles. The fraction of sp³-hybridized carbons (Fsp3) is 0.564. The van der Waals surface area contributed by atoms with Crippen LogP contribution >= 0.6 is 0 Å². The highest BCUT2D eigenvalue weighted by molar-refractivity contribution is 5.76. The smallest absolute Gasteiger partial charge is 0.220 e. The van der Waals surface area contributed by atoms with Gasteiger partial charge in [-0.1, -0.05) is 130 Å². The van der Waals surface area contributed by atoms with Crippen LogP contribution in [0.5, 0.6) is 0 Å². The van der Waals surface area contributed by atoms with Crippen molar-refractivity contribution in [3.8, 4) is 0 Å². The number of carbonyl (C=O) groups excluding carboxylic acids is 1. The average Bonchev–Trinajstić information content (AvgIpc) is 3.01. The molecule has 1 amide bonds. The first-order valence-electron chi connectivity index (χ1n) is 17.0. The first kappa shape index (κ1) is 40.3. The SMILES string of the molecule is CC/C=C\C/C=C\C/C=C\C/C=C\C/C=C\CCCCCC(=O)NC(CO)C(O)/C=C/CC/C=C/CC/C=C/CCCC. The van der Waals surface area contributed by atoms with Crippen LogP contribution in [0, 0.1) is 0 Å². The maximum absolute atomic E-state index is 12.3. The Hall–Kier alpha value is -2.69. The first-order chi connectivity index (χ1) is 21.2. The van der Waals surface area contributed by atoms with Gasteiger partial charge in [-0.2, -0.15) is 0 Å². The van der Waals surface area contributed by atoms with Crippen molar-refractivity contribution in [1.29, 1.82) is 0 Å². The Labute approximate surface area is 264 Å². The van der Waals surface area contributed by atoms with Crippen LogP contribution in [0.4, 0.5) is 0 Å². The maximum atomic E-state index is 12.3.